The van der Waals surface area contributed by atoms with Crippen LogP contribution < -0.4 is 10.5 Å². The van der Waals surface area contributed by atoms with Gasteiger partial charge in [0.1, 0.15) is 11.3 Å². The minimum absolute atomic E-state index is 0.125. The maximum atomic E-state index is 6.15. The van der Waals surface area contributed by atoms with Crippen LogP contribution in [0.5, 0.6) is 5.75 Å². The van der Waals surface area contributed by atoms with Crippen molar-refractivity contribution in [3.63, 3.8) is 0 Å². The van der Waals surface area contributed by atoms with Gasteiger partial charge in [-0.05, 0) is 50.8 Å². The molecule has 1 aromatic carbocycles. The highest BCUT2D eigenvalue weighted by Gasteiger charge is 2.17. The molecule has 21 heavy (non-hydrogen) atoms. The summed E-state index contributed by atoms with van der Waals surface area (Å²) in [5.41, 5.74) is 8.06. The number of ether oxygens (including phenoxy) is 1. The number of benzene rings is 1. The topological polar surface area (TPSA) is 53.1 Å². The fourth-order valence-corrected chi connectivity index (χ4v) is 3.25. The minimum atomic E-state index is 0.125. The number of anilines is 1. The summed E-state index contributed by atoms with van der Waals surface area (Å²) in [6.07, 6.45) is 1.21. The van der Waals surface area contributed by atoms with Gasteiger partial charge in [-0.25, -0.2) is 4.98 Å². The zero-order chi connectivity index (χ0) is 15.4. The van der Waals surface area contributed by atoms with E-state index in [1.165, 1.54) is 0 Å². The Balaban J connectivity index is 2.34. The average Bonchev–Trinajstić information content (AvgIpc) is 2.75. The van der Waals surface area contributed by atoms with E-state index in [-0.39, 0.29) is 6.10 Å². The van der Waals surface area contributed by atoms with Crippen LogP contribution >= 0.6 is 11.8 Å². The van der Waals surface area contributed by atoms with Gasteiger partial charge in [-0.1, -0.05) is 13.0 Å². The van der Waals surface area contributed by atoms with Gasteiger partial charge in [-0.15, -0.1) is 0 Å². The predicted molar refractivity (Wildman–Crippen MR) is 92.2 cm³/mol. The Labute approximate surface area is 131 Å². The van der Waals surface area contributed by atoms with Crippen molar-refractivity contribution in [3.05, 3.63) is 18.2 Å². The van der Waals surface area contributed by atoms with E-state index in [0.29, 0.717) is 12.0 Å². The molecule has 5 heteroatoms. The molecule has 1 atom stereocenters. The minimum Gasteiger partial charge on any atom is -0.489 e. The van der Waals surface area contributed by atoms with Crippen LogP contribution in [0.4, 0.5) is 5.95 Å². The first kappa shape index (κ1) is 16.0. The summed E-state index contributed by atoms with van der Waals surface area (Å²) in [5.74, 6) is 3.67. The van der Waals surface area contributed by atoms with E-state index in [2.05, 4.69) is 29.5 Å². The van der Waals surface area contributed by atoms with Gasteiger partial charge in [0.05, 0.1) is 11.6 Å². The molecular formula is C16H25N3OS. The maximum Gasteiger partial charge on any atom is 0.201 e. The number of hydrogen-bond acceptors (Lipinski definition) is 4. The number of para-hydroxylation sites is 1. The molecule has 1 unspecified atom stereocenters. The zero-order valence-corrected chi connectivity index (χ0v) is 14.1. The van der Waals surface area contributed by atoms with E-state index < -0.39 is 0 Å². The van der Waals surface area contributed by atoms with Crippen molar-refractivity contribution in [1.29, 1.82) is 0 Å². The van der Waals surface area contributed by atoms with Crippen LogP contribution in [0.25, 0.3) is 11.0 Å². The van der Waals surface area contributed by atoms with Gasteiger partial charge in [0, 0.05) is 6.04 Å². The van der Waals surface area contributed by atoms with E-state index in [0.717, 1.165) is 34.7 Å². The third-order valence-electron chi connectivity index (χ3n) is 3.40. The third-order valence-corrected chi connectivity index (χ3v) is 4.33. The molecule has 2 rings (SSSR count). The maximum absolute atomic E-state index is 6.15. The molecule has 0 spiro atoms. The van der Waals surface area contributed by atoms with Crippen molar-refractivity contribution in [2.45, 2.75) is 46.3 Å². The van der Waals surface area contributed by atoms with Crippen LogP contribution in [0.3, 0.4) is 0 Å². The number of aromatic nitrogens is 2. The molecule has 4 nitrogen and oxygen atoms in total. The van der Waals surface area contributed by atoms with Crippen molar-refractivity contribution in [1.82, 2.24) is 9.55 Å². The summed E-state index contributed by atoms with van der Waals surface area (Å²) in [4.78, 5) is 4.52. The van der Waals surface area contributed by atoms with E-state index in [1.807, 2.05) is 37.7 Å². The number of fused-ring (bicyclic) bond motifs is 1. The Morgan fingerprint density at radius 3 is 2.76 bits per heavy atom. The van der Waals surface area contributed by atoms with Gasteiger partial charge >= 0.3 is 0 Å². The fourth-order valence-electron chi connectivity index (χ4n) is 2.45. The van der Waals surface area contributed by atoms with E-state index >= 15 is 0 Å². The first-order valence-corrected chi connectivity index (χ1v) is 8.70. The molecule has 1 aromatic heterocycles. The van der Waals surface area contributed by atoms with Crippen LogP contribution in [-0.2, 0) is 0 Å². The first-order chi connectivity index (χ1) is 10.0. The highest BCUT2D eigenvalue weighted by atomic mass is 32.2. The Bertz CT molecular complexity index is 594. The smallest absolute Gasteiger partial charge is 0.201 e. The SMILES string of the molecule is CCSCCC(C)n1c(N)nc2c(OC(C)C)cccc21. The largest absolute Gasteiger partial charge is 0.489 e. The molecular weight excluding hydrogens is 282 g/mol. The lowest BCUT2D eigenvalue weighted by Crippen LogP contribution is -2.10. The number of nitrogens with two attached hydrogens (primary N) is 1. The van der Waals surface area contributed by atoms with Gasteiger partial charge in [0.2, 0.25) is 5.95 Å². The number of nitrogens with zero attached hydrogens (tertiary/aromatic N) is 2. The van der Waals surface area contributed by atoms with Gasteiger partial charge in [-0.2, -0.15) is 11.8 Å². The van der Waals surface area contributed by atoms with Crippen LogP contribution in [0.2, 0.25) is 0 Å². The van der Waals surface area contributed by atoms with Crippen LogP contribution in [0, 0.1) is 0 Å². The highest BCUT2D eigenvalue weighted by molar-refractivity contribution is 7.99. The molecule has 0 aliphatic heterocycles. The lowest BCUT2D eigenvalue weighted by atomic mass is 10.2. The van der Waals surface area contributed by atoms with Crippen molar-refractivity contribution in [2.24, 2.45) is 0 Å². The second-order valence-electron chi connectivity index (χ2n) is 5.47. The molecule has 0 saturated carbocycles. The molecule has 0 radical (unpaired) electrons. The molecule has 2 N–H and O–H groups in total. The number of thioether (sulfide) groups is 1. The number of nitrogen functional groups attached to an aromatic ring is 1. The Morgan fingerprint density at radius 2 is 2.10 bits per heavy atom. The molecule has 116 valence electrons. The van der Waals surface area contributed by atoms with Crippen LogP contribution in [-0.4, -0.2) is 27.2 Å². The Hall–Kier alpha value is -1.36. The van der Waals surface area contributed by atoms with E-state index in [1.54, 1.807) is 0 Å². The summed E-state index contributed by atoms with van der Waals surface area (Å²) in [5, 5.41) is 0. The Morgan fingerprint density at radius 1 is 1.33 bits per heavy atom. The summed E-state index contributed by atoms with van der Waals surface area (Å²) in [6.45, 7) is 8.42. The van der Waals surface area contributed by atoms with Gasteiger partial charge < -0.3 is 15.0 Å². The second-order valence-corrected chi connectivity index (χ2v) is 6.86. The van der Waals surface area contributed by atoms with Crippen molar-refractivity contribution < 1.29 is 4.74 Å². The molecule has 0 aliphatic carbocycles. The standard InChI is InChI=1S/C16H25N3OS/c1-5-21-10-9-12(4)19-13-7-6-8-14(20-11(2)3)15(13)18-16(19)17/h6-8,11-12H,5,9-10H2,1-4H3,(H2,17,18). The molecule has 0 bridgehead atoms. The summed E-state index contributed by atoms with van der Waals surface area (Å²) >= 11 is 1.96. The molecule has 0 saturated heterocycles. The molecule has 1 heterocycles. The van der Waals surface area contributed by atoms with Crippen molar-refractivity contribution >= 4 is 28.7 Å². The summed E-state index contributed by atoms with van der Waals surface area (Å²) < 4.78 is 7.96. The molecule has 2 aromatic rings. The summed E-state index contributed by atoms with van der Waals surface area (Å²) in [7, 11) is 0. The normalized spacial score (nSPS) is 13.0. The molecule has 0 aliphatic rings. The van der Waals surface area contributed by atoms with Crippen LogP contribution in [0.1, 0.15) is 40.2 Å². The van der Waals surface area contributed by atoms with Gasteiger partial charge in [0.15, 0.2) is 0 Å². The first-order valence-electron chi connectivity index (χ1n) is 7.55. The number of hydrogen-bond donors (Lipinski definition) is 1. The lowest BCUT2D eigenvalue weighted by Gasteiger charge is -2.16. The number of rotatable bonds is 7. The van der Waals surface area contributed by atoms with Crippen LogP contribution in [0.15, 0.2) is 18.2 Å². The third kappa shape index (κ3) is 3.64. The average molecular weight is 307 g/mol. The Kier molecular flexibility index (Phi) is 5.39. The quantitative estimate of drug-likeness (QED) is 0.782. The molecule has 0 amide bonds. The molecule has 0 fully saturated rings. The van der Waals surface area contributed by atoms with Crippen molar-refractivity contribution in [2.75, 3.05) is 17.2 Å². The monoisotopic (exact) mass is 307 g/mol. The number of imidazole rings is 1. The van der Waals surface area contributed by atoms with Gasteiger partial charge in [-0.3, -0.25) is 0 Å². The predicted octanol–water partition coefficient (Wildman–Crippen LogP) is 4.11. The second kappa shape index (κ2) is 7.07. The highest BCUT2D eigenvalue weighted by Crippen LogP contribution is 2.31. The summed E-state index contributed by atoms with van der Waals surface area (Å²) in [6, 6.07) is 6.36. The van der Waals surface area contributed by atoms with Crippen molar-refractivity contribution in [3.8, 4) is 5.75 Å². The van der Waals surface area contributed by atoms with E-state index in [9.17, 15) is 0 Å². The zero-order valence-electron chi connectivity index (χ0n) is 13.3. The van der Waals surface area contributed by atoms with E-state index in [4.69, 9.17) is 10.5 Å². The lowest BCUT2D eigenvalue weighted by molar-refractivity contribution is 0.245. The van der Waals surface area contributed by atoms with Gasteiger partial charge in [0.25, 0.3) is 0 Å². The fraction of sp³-hybridized carbons (Fsp3) is 0.562.